The smallest absolute Gasteiger partial charge is 0.410 e. The maximum absolute atomic E-state index is 11.0. The lowest BCUT2D eigenvalue weighted by atomic mass is 10.3. The first kappa shape index (κ1) is 7.61. The van der Waals surface area contributed by atoms with Crippen molar-refractivity contribution in [2.75, 3.05) is 13.6 Å². The summed E-state index contributed by atoms with van der Waals surface area (Å²) in [6.07, 6.45) is -0.282. The summed E-state index contributed by atoms with van der Waals surface area (Å²) in [5.74, 6) is 0. The van der Waals surface area contributed by atoms with Gasteiger partial charge in [0.15, 0.2) is 6.10 Å². The van der Waals surface area contributed by atoms with Crippen molar-refractivity contribution in [3.63, 3.8) is 0 Å². The van der Waals surface area contributed by atoms with Crippen molar-refractivity contribution < 1.29 is 9.53 Å². The Bertz CT molecular complexity index is 283. The summed E-state index contributed by atoms with van der Waals surface area (Å²) in [5, 5.41) is 1.99. The van der Waals surface area contributed by atoms with E-state index in [2.05, 4.69) is 0 Å². The van der Waals surface area contributed by atoms with Crippen molar-refractivity contribution in [2.24, 2.45) is 0 Å². The predicted molar refractivity (Wildman–Crippen MR) is 46.2 cm³/mol. The van der Waals surface area contributed by atoms with Gasteiger partial charge in [-0.15, -0.1) is 11.3 Å². The van der Waals surface area contributed by atoms with Crippen molar-refractivity contribution >= 4 is 17.4 Å². The fourth-order valence-corrected chi connectivity index (χ4v) is 1.94. The molecule has 0 saturated carbocycles. The second-order valence-electron chi connectivity index (χ2n) is 2.77. The number of thiophene rings is 1. The van der Waals surface area contributed by atoms with Crippen LogP contribution in [-0.2, 0) is 4.74 Å². The number of amides is 1. The average Bonchev–Trinajstić information content (AvgIpc) is 2.61. The Kier molecular flexibility index (Phi) is 1.77. The highest BCUT2D eigenvalue weighted by molar-refractivity contribution is 7.10. The zero-order valence-electron chi connectivity index (χ0n) is 6.69. The van der Waals surface area contributed by atoms with Crippen molar-refractivity contribution in [2.45, 2.75) is 6.10 Å². The molecule has 12 heavy (non-hydrogen) atoms. The van der Waals surface area contributed by atoms with Gasteiger partial charge in [0.05, 0.1) is 6.54 Å². The van der Waals surface area contributed by atoms with E-state index in [1.54, 1.807) is 23.3 Å². The summed E-state index contributed by atoms with van der Waals surface area (Å²) in [4.78, 5) is 13.7. The summed E-state index contributed by atoms with van der Waals surface area (Å²) in [7, 11) is 1.75. The molecule has 0 aromatic carbocycles. The number of nitrogens with zero attached hydrogens (tertiary/aromatic N) is 1. The molecule has 0 spiro atoms. The van der Waals surface area contributed by atoms with Gasteiger partial charge in [-0.25, -0.2) is 4.79 Å². The predicted octanol–water partition coefficient (Wildman–Crippen LogP) is 1.87. The SMILES string of the molecule is CN1C[C@H](c2cccs2)OC1=O. The molecule has 1 fully saturated rings. The first-order valence-electron chi connectivity index (χ1n) is 3.72. The Balaban J connectivity index is 2.14. The number of hydrogen-bond acceptors (Lipinski definition) is 3. The molecule has 1 saturated heterocycles. The molecule has 64 valence electrons. The highest BCUT2D eigenvalue weighted by atomic mass is 32.1. The number of ether oxygens (including phenoxy) is 1. The second kappa shape index (κ2) is 2.79. The van der Waals surface area contributed by atoms with E-state index in [1.165, 1.54) is 0 Å². The fourth-order valence-electron chi connectivity index (χ4n) is 1.19. The van der Waals surface area contributed by atoms with Gasteiger partial charge in [0, 0.05) is 11.9 Å². The molecular weight excluding hydrogens is 174 g/mol. The van der Waals surface area contributed by atoms with Crippen LogP contribution in [0.2, 0.25) is 0 Å². The molecule has 1 aromatic heterocycles. The minimum Gasteiger partial charge on any atom is -0.438 e. The summed E-state index contributed by atoms with van der Waals surface area (Å²) in [5.41, 5.74) is 0. The van der Waals surface area contributed by atoms with E-state index >= 15 is 0 Å². The summed E-state index contributed by atoms with van der Waals surface area (Å²) < 4.78 is 5.12. The van der Waals surface area contributed by atoms with Gasteiger partial charge < -0.3 is 9.64 Å². The third-order valence-corrected chi connectivity index (χ3v) is 2.82. The monoisotopic (exact) mass is 183 g/mol. The Morgan fingerprint density at radius 1 is 1.75 bits per heavy atom. The second-order valence-corrected chi connectivity index (χ2v) is 3.75. The van der Waals surface area contributed by atoms with Gasteiger partial charge in [0.2, 0.25) is 0 Å². The van der Waals surface area contributed by atoms with Gasteiger partial charge >= 0.3 is 6.09 Å². The van der Waals surface area contributed by atoms with Crippen LogP contribution in [-0.4, -0.2) is 24.6 Å². The summed E-state index contributed by atoms with van der Waals surface area (Å²) in [6, 6.07) is 3.95. The molecule has 0 radical (unpaired) electrons. The van der Waals surface area contributed by atoms with E-state index in [9.17, 15) is 4.79 Å². The number of cyclic esters (lactones) is 1. The quantitative estimate of drug-likeness (QED) is 0.665. The molecule has 0 aliphatic carbocycles. The van der Waals surface area contributed by atoms with Gasteiger partial charge in [-0.1, -0.05) is 6.07 Å². The summed E-state index contributed by atoms with van der Waals surface area (Å²) in [6.45, 7) is 0.666. The van der Waals surface area contributed by atoms with Crippen LogP contribution in [0.25, 0.3) is 0 Å². The molecule has 1 aromatic rings. The van der Waals surface area contributed by atoms with Gasteiger partial charge in [-0.05, 0) is 11.4 Å². The Hall–Kier alpha value is -1.03. The first-order chi connectivity index (χ1) is 5.77. The van der Waals surface area contributed by atoms with Crippen LogP contribution >= 0.6 is 11.3 Å². The zero-order valence-corrected chi connectivity index (χ0v) is 7.50. The van der Waals surface area contributed by atoms with Gasteiger partial charge in [-0.3, -0.25) is 0 Å². The molecule has 3 nitrogen and oxygen atoms in total. The largest absolute Gasteiger partial charge is 0.438 e. The first-order valence-corrected chi connectivity index (χ1v) is 4.60. The molecular formula is C8H9NO2S. The van der Waals surface area contributed by atoms with E-state index in [0.29, 0.717) is 6.54 Å². The van der Waals surface area contributed by atoms with Crippen LogP contribution in [0.3, 0.4) is 0 Å². The molecule has 0 unspecified atom stereocenters. The minimum absolute atomic E-state index is 0.0532. The third kappa shape index (κ3) is 1.18. The number of likely N-dealkylation sites (N-methyl/N-ethyl adjacent to an activating group) is 1. The maximum atomic E-state index is 11.0. The van der Waals surface area contributed by atoms with E-state index < -0.39 is 0 Å². The topological polar surface area (TPSA) is 29.5 Å². The highest BCUT2D eigenvalue weighted by Crippen LogP contribution is 2.27. The molecule has 0 N–H and O–H groups in total. The minimum atomic E-state index is -0.228. The van der Waals surface area contributed by atoms with Gasteiger partial charge in [0.1, 0.15) is 0 Å². The Labute approximate surface area is 74.6 Å². The number of hydrogen-bond donors (Lipinski definition) is 0. The molecule has 1 aliphatic rings. The van der Waals surface area contributed by atoms with Gasteiger partial charge in [0.25, 0.3) is 0 Å². The van der Waals surface area contributed by atoms with Gasteiger partial charge in [-0.2, -0.15) is 0 Å². The third-order valence-electron chi connectivity index (χ3n) is 1.85. The van der Waals surface area contributed by atoms with Crippen molar-refractivity contribution in [3.05, 3.63) is 22.4 Å². The Morgan fingerprint density at radius 2 is 2.58 bits per heavy atom. The molecule has 4 heteroatoms. The van der Waals surface area contributed by atoms with Crippen LogP contribution in [0.4, 0.5) is 4.79 Å². The lowest BCUT2D eigenvalue weighted by Gasteiger charge is -2.03. The molecule has 1 atom stereocenters. The average molecular weight is 183 g/mol. The Morgan fingerprint density at radius 3 is 3.08 bits per heavy atom. The lowest BCUT2D eigenvalue weighted by molar-refractivity contribution is 0.136. The number of rotatable bonds is 1. The molecule has 2 rings (SSSR count). The molecule has 1 aliphatic heterocycles. The molecule has 0 bridgehead atoms. The van der Waals surface area contributed by atoms with Crippen molar-refractivity contribution in [3.8, 4) is 0 Å². The molecule has 1 amide bonds. The van der Waals surface area contributed by atoms with E-state index in [-0.39, 0.29) is 12.2 Å². The van der Waals surface area contributed by atoms with E-state index in [4.69, 9.17) is 4.74 Å². The number of carbonyl (C=O) groups is 1. The van der Waals surface area contributed by atoms with Crippen LogP contribution in [0.1, 0.15) is 11.0 Å². The van der Waals surface area contributed by atoms with E-state index in [1.807, 2.05) is 17.5 Å². The summed E-state index contributed by atoms with van der Waals surface area (Å²) >= 11 is 1.62. The van der Waals surface area contributed by atoms with Crippen molar-refractivity contribution in [1.82, 2.24) is 4.90 Å². The lowest BCUT2D eigenvalue weighted by Crippen LogP contribution is -2.17. The van der Waals surface area contributed by atoms with Crippen molar-refractivity contribution in [1.29, 1.82) is 0 Å². The highest BCUT2D eigenvalue weighted by Gasteiger charge is 2.29. The van der Waals surface area contributed by atoms with Crippen LogP contribution in [0.15, 0.2) is 17.5 Å². The standard InChI is InChI=1S/C8H9NO2S/c1-9-5-6(11-8(9)10)7-3-2-4-12-7/h2-4,6H,5H2,1H3/t6-/m1/s1. The maximum Gasteiger partial charge on any atom is 0.410 e. The van der Waals surface area contributed by atoms with Crippen LogP contribution < -0.4 is 0 Å². The number of carbonyl (C=O) groups excluding carboxylic acids is 1. The zero-order chi connectivity index (χ0) is 8.55. The van der Waals surface area contributed by atoms with E-state index in [0.717, 1.165) is 4.88 Å². The normalized spacial score (nSPS) is 22.9. The van der Waals surface area contributed by atoms with Crippen LogP contribution in [0.5, 0.6) is 0 Å². The van der Waals surface area contributed by atoms with Crippen LogP contribution in [0, 0.1) is 0 Å². The fraction of sp³-hybridized carbons (Fsp3) is 0.375. The molecule has 2 heterocycles.